The number of aryl methyl sites for hydroxylation is 2. The summed E-state index contributed by atoms with van der Waals surface area (Å²) in [5.74, 6) is 2.06. The van der Waals surface area contributed by atoms with E-state index < -0.39 is 0 Å². The van der Waals surface area contributed by atoms with E-state index in [0.29, 0.717) is 35.2 Å². The Bertz CT molecular complexity index is 1300. The van der Waals surface area contributed by atoms with E-state index in [9.17, 15) is 4.79 Å². The number of nitrogens with zero attached hydrogens (tertiary/aromatic N) is 3. The Kier molecular flexibility index (Phi) is 5.66. The minimum Gasteiger partial charge on any atom is -0.443 e. The molecule has 0 spiro atoms. The monoisotopic (exact) mass is 492 g/mol. The molecule has 1 amide bonds. The molecule has 1 N–H and O–H groups in total. The molecule has 184 valence electrons. The number of carbonyl (C=O) groups is 1. The van der Waals surface area contributed by atoms with Crippen molar-refractivity contribution in [2.24, 2.45) is 28.3 Å². The number of amides is 1. The molecule has 7 nitrogen and oxygen atoms in total. The SMILES string of the molecule is CO/N=C1\CC(CCC(=O)Nc2ncc(C)s2)C2C3CCc4cc5ocnc5cc4C3CCC12C. The van der Waals surface area contributed by atoms with Crippen LogP contribution in [0, 0.1) is 30.1 Å². The summed E-state index contributed by atoms with van der Waals surface area (Å²) in [5, 5.41) is 8.20. The molecule has 6 rings (SSSR count). The van der Waals surface area contributed by atoms with Crippen LogP contribution >= 0.6 is 11.3 Å². The highest BCUT2D eigenvalue weighted by molar-refractivity contribution is 7.15. The molecular formula is C27H32N4O3S. The van der Waals surface area contributed by atoms with Crippen LogP contribution in [0.2, 0.25) is 0 Å². The summed E-state index contributed by atoms with van der Waals surface area (Å²) in [6.07, 6.45) is 10.1. The maximum atomic E-state index is 12.8. The molecule has 1 aromatic carbocycles. The van der Waals surface area contributed by atoms with Crippen molar-refractivity contribution < 1.29 is 14.0 Å². The Morgan fingerprint density at radius 1 is 1.34 bits per heavy atom. The normalized spacial score (nSPS) is 30.7. The quantitative estimate of drug-likeness (QED) is 0.435. The van der Waals surface area contributed by atoms with Gasteiger partial charge in [0.1, 0.15) is 12.6 Å². The van der Waals surface area contributed by atoms with E-state index in [1.807, 2.05) is 6.92 Å². The van der Waals surface area contributed by atoms with E-state index in [-0.39, 0.29) is 11.3 Å². The van der Waals surface area contributed by atoms with Gasteiger partial charge in [0.05, 0.1) is 5.71 Å². The van der Waals surface area contributed by atoms with Gasteiger partial charge in [-0.25, -0.2) is 9.97 Å². The van der Waals surface area contributed by atoms with Gasteiger partial charge in [-0.1, -0.05) is 12.1 Å². The molecule has 2 fully saturated rings. The van der Waals surface area contributed by atoms with E-state index >= 15 is 0 Å². The smallest absolute Gasteiger partial charge is 0.226 e. The number of nitrogens with one attached hydrogen (secondary N) is 1. The van der Waals surface area contributed by atoms with Crippen LogP contribution in [0.15, 0.2) is 34.3 Å². The first-order chi connectivity index (χ1) is 17.0. The van der Waals surface area contributed by atoms with Gasteiger partial charge in [0.15, 0.2) is 17.1 Å². The first-order valence-electron chi connectivity index (χ1n) is 12.6. The fourth-order valence-corrected chi connectivity index (χ4v) is 8.11. The summed E-state index contributed by atoms with van der Waals surface area (Å²) in [5.41, 5.74) is 5.92. The van der Waals surface area contributed by atoms with Crippen LogP contribution in [-0.2, 0) is 16.1 Å². The summed E-state index contributed by atoms with van der Waals surface area (Å²) >= 11 is 1.52. The van der Waals surface area contributed by atoms with Gasteiger partial charge in [0, 0.05) is 22.9 Å². The summed E-state index contributed by atoms with van der Waals surface area (Å²) < 4.78 is 5.58. The molecule has 3 aliphatic carbocycles. The number of thiazole rings is 1. The van der Waals surface area contributed by atoms with Gasteiger partial charge in [-0.05, 0) is 92.4 Å². The molecule has 5 atom stereocenters. The first kappa shape index (κ1) is 22.7. The van der Waals surface area contributed by atoms with Crippen molar-refractivity contribution >= 4 is 39.2 Å². The molecule has 2 saturated carbocycles. The highest BCUT2D eigenvalue weighted by atomic mass is 32.1. The number of oxime groups is 1. The second-order valence-electron chi connectivity index (χ2n) is 10.7. The number of benzene rings is 1. The molecule has 2 aromatic heterocycles. The van der Waals surface area contributed by atoms with Crippen molar-refractivity contribution in [1.82, 2.24) is 9.97 Å². The molecular weight excluding hydrogens is 460 g/mol. The van der Waals surface area contributed by atoms with Crippen LogP contribution in [-0.4, -0.2) is 28.7 Å². The van der Waals surface area contributed by atoms with Crippen LogP contribution in [0.4, 0.5) is 5.13 Å². The number of rotatable bonds is 5. The molecule has 2 heterocycles. The zero-order chi connectivity index (χ0) is 24.2. The van der Waals surface area contributed by atoms with Gasteiger partial charge in [0.2, 0.25) is 5.91 Å². The zero-order valence-electron chi connectivity index (χ0n) is 20.5. The predicted octanol–water partition coefficient (Wildman–Crippen LogP) is 6.10. The second-order valence-corrected chi connectivity index (χ2v) is 11.9. The lowest BCUT2D eigenvalue weighted by atomic mass is 9.54. The zero-order valence-corrected chi connectivity index (χ0v) is 21.4. The summed E-state index contributed by atoms with van der Waals surface area (Å²) in [7, 11) is 1.65. The third kappa shape index (κ3) is 3.86. The number of anilines is 1. The Morgan fingerprint density at radius 2 is 2.23 bits per heavy atom. The maximum absolute atomic E-state index is 12.8. The van der Waals surface area contributed by atoms with Gasteiger partial charge in [0.25, 0.3) is 0 Å². The van der Waals surface area contributed by atoms with Gasteiger partial charge >= 0.3 is 0 Å². The number of carbonyl (C=O) groups excluding carboxylic acids is 1. The van der Waals surface area contributed by atoms with E-state index in [1.165, 1.54) is 34.6 Å². The molecule has 3 aromatic rings. The van der Waals surface area contributed by atoms with Crippen molar-refractivity contribution in [1.29, 1.82) is 0 Å². The summed E-state index contributed by atoms with van der Waals surface area (Å²) in [6, 6.07) is 4.47. The third-order valence-electron chi connectivity index (χ3n) is 8.86. The number of fused-ring (bicyclic) bond motifs is 6. The van der Waals surface area contributed by atoms with Gasteiger partial charge in [-0.3, -0.25) is 4.79 Å². The van der Waals surface area contributed by atoms with E-state index in [2.05, 4.69) is 39.5 Å². The molecule has 5 unspecified atom stereocenters. The standard InChI is InChI=1S/C27H32N4O3S/c1-15-13-28-26(35-15)30-24(32)7-5-17-11-23(31-33-3)27(2)9-8-18-19(25(17)27)6-4-16-10-22-21(12-20(16)18)29-14-34-22/h10,12-14,17-19,25H,4-9,11H2,1-3H3,(H,28,30,32)/b31-23+. The lowest BCUT2D eigenvalue weighted by molar-refractivity contribution is -0.116. The van der Waals surface area contributed by atoms with Gasteiger partial charge in [-0.2, -0.15) is 0 Å². The van der Waals surface area contributed by atoms with Crippen LogP contribution < -0.4 is 5.32 Å². The summed E-state index contributed by atoms with van der Waals surface area (Å²) in [6.45, 7) is 4.39. The first-order valence-corrected chi connectivity index (χ1v) is 13.5. The lowest BCUT2D eigenvalue weighted by Crippen LogP contribution is -2.44. The molecule has 0 bridgehead atoms. The van der Waals surface area contributed by atoms with Crippen LogP contribution in [0.5, 0.6) is 0 Å². The minimum atomic E-state index is 0.0280. The summed E-state index contributed by atoms with van der Waals surface area (Å²) in [4.78, 5) is 27.9. The van der Waals surface area contributed by atoms with Crippen molar-refractivity contribution in [3.8, 4) is 0 Å². The minimum absolute atomic E-state index is 0.0280. The molecule has 35 heavy (non-hydrogen) atoms. The van der Waals surface area contributed by atoms with Crippen molar-refractivity contribution in [2.75, 3.05) is 12.4 Å². The highest BCUT2D eigenvalue weighted by Gasteiger charge is 2.57. The maximum Gasteiger partial charge on any atom is 0.226 e. The van der Waals surface area contributed by atoms with E-state index in [1.54, 1.807) is 19.7 Å². The average molecular weight is 493 g/mol. The van der Waals surface area contributed by atoms with Crippen molar-refractivity contribution in [3.63, 3.8) is 0 Å². The molecule has 8 heteroatoms. The van der Waals surface area contributed by atoms with E-state index in [4.69, 9.17) is 9.25 Å². The fourth-order valence-electron chi connectivity index (χ4n) is 7.43. The topological polar surface area (TPSA) is 89.6 Å². The Balaban J connectivity index is 1.26. The molecule has 3 aliphatic rings. The Hall–Kier alpha value is -2.74. The molecule has 0 aliphatic heterocycles. The number of oxazole rings is 1. The molecule has 0 radical (unpaired) electrons. The number of aromatic nitrogens is 2. The Morgan fingerprint density at radius 3 is 3.03 bits per heavy atom. The molecule has 0 saturated heterocycles. The Labute approximate surface area is 209 Å². The van der Waals surface area contributed by atoms with Gasteiger partial charge < -0.3 is 14.6 Å². The van der Waals surface area contributed by atoms with Crippen LogP contribution in [0.1, 0.15) is 67.4 Å². The van der Waals surface area contributed by atoms with Crippen molar-refractivity contribution in [3.05, 3.63) is 40.7 Å². The van der Waals surface area contributed by atoms with E-state index in [0.717, 1.165) is 48.1 Å². The lowest BCUT2D eigenvalue weighted by Gasteiger charge is -2.50. The van der Waals surface area contributed by atoms with Crippen LogP contribution in [0.25, 0.3) is 11.1 Å². The predicted molar refractivity (Wildman–Crippen MR) is 137 cm³/mol. The third-order valence-corrected chi connectivity index (χ3v) is 9.69. The fraction of sp³-hybridized carbons (Fsp3) is 0.556. The number of hydrogen-bond acceptors (Lipinski definition) is 7. The number of hydrogen-bond donors (Lipinski definition) is 1. The largest absolute Gasteiger partial charge is 0.443 e. The van der Waals surface area contributed by atoms with Gasteiger partial charge in [-0.15, -0.1) is 11.3 Å². The second kappa shape index (κ2) is 8.73. The van der Waals surface area contributed by atoms with Crippen LogP contribution in [0.3, 0.4) is 0 Å². The average Bonchev–Trinajstić information content (AvgIpc) is 3.54. The highest BCUT2D eigenvalue weighted by Crippen LogP contribution is 2.62. The van der Waals surface area contributed by atoms with Crippen molar-refractivity contribution in [2.45, 2.75) is 64.7 Å².